The molecule has 0 radical (unpaired) electrons. The van der Waals surface area contributed by atoms with Crippen molar-refractivity contribution in [3.05, 3.63) is 23.3 Å². The van der Waals surface area contributed by atoms with E-state index in [4.69, 9.17) is 9.47 Å². The smallest absolute Gasteiger partial charge is 0.312 e. The number of aliphatic hydroxyl groups is 1. The predicted octanol–water partition coefficient (Wildman–Crippen LogP) is 1.11. The van der Waals surface area contributed by atoms with E-state index in [1.54, 1.807) is 6.07 Å². The van der Waals surface area contributed by atoms with Crippen LogP contribution in [-0.4, -0.2) is 58.0 Å². The third-order valence-electron chi connectivity index (χ3n) is 8.36. The molecule has 2 saturated heterocycles. The Labute approximate surface area is 157 Å². The Balaban J connectivity index is 1.50. The van der Waals surface area contributed by atoms with E-state index in [9.17, 15) is 15.0 Å². The first-order valence-electron chi connectivity index (χ1n) is 10.2. The molecule has 7 rings (SSSR count). The summed E-state index contributed by atoms with van der Waals surface area (Å²) in [6.07, 6.45) is 3.35. The molecular weight excluding hydrogens is 346 g/mol. The number of piperidine rings is 1. The second-order valence-electron chi connectivity index (χ2n) is 9.48. The molecule has 6 aliphatic rings. The molecule has 4 bridgehead atoms. The van der Waals surface area contributed by atoms with Crippen LogP contribution in [0.15, 0.2) is 12.1 Å². The van der Waals surface area contributed by atoms with Gasteiger partial charge in [0.25, 0.3) is 0 Å². The van der Waals surface area contributed by atoms with Gasteiger partial charge in [0.1, 0.15) is 17.8 Å². The maximum Gasteiger partial charge on any atom is 0.312 e. The number of carbonyl (C=O) groups excluding carboxylic acids is 1. The van der Waals surface area contributed by atoms with Gasteiger partial charge in [0.15, 0.2) is 11.5 Å². The molecular formula is C21H23NO5. The second-order valence-corrected chi connectivity index (χ2v) is 9.48. The quantitative estimate of drug-likeness (QED) is 0.761. The van der Waals surface area contributed by atoms with Gasteiger partial charge in [0.05, 0.1) is 17.4 Å². The van der Waals surface area contributed by atoms with E-state index in [0.717, 1.165) is 37.4 Å². The molecule has 1 aromatic rings. The zero-order valence-corrected chi connectivity index (χ0v) is 15.1. The van der Waals surface area contributed by atoms with E-state index < -0.39 is 29.1 Å². The van der Waals surface area contributed by atoms with Crippen molar-refractivity contribution in [2.45, 2.75) is 61.4 Å². The van der Waals surface area contributed by atoms with Crippen molar-refractivity contribution in [1.29, 1.82) is 0 Å². The number of benzene rings is 1. The number of carbonyl (C=O) groups is 1. The number of fused-ring (bicyclic) bond motifs is 1. The number of rotatable bonds is 2. The average Bonchev–Trinajstić information content (AvgIpc) is 3.30. The zero-order chi connectivity index (χ0) is 18.1. The summed E-state index contributed by atoms with van der Waals surface area (Å²) in [5, 5.41) is 21.5. The lowest BCUT2D eigenvalue weighted by molar-refractivity contribution is -0.195. The minimum absolute atomic E-state index is 0.126. The number of nitrogens with zero attached hydrogens (tertiary/aromatic N) is 1. The third-order valence-corrected chi connectivity index (χ3v) is 8.36. The van der Waals surface area contributed by atoms with Gasteiger partial charge in [0, 0.05) is 18.5 Å². The molecule has 3 aliphatic carbocycles. The molecule has 6 atom stereocenters. The highest BCUT2D eigenvalue weighted by molar-refractivity contribution is 5.80. The SMILES string of the molecule is O=C1O[C@@]23C[C@@H]1[C@H](O)[C@@H]1Oc4c(O)ccc5c4[C@@]12CCN(CC1CC1)[C@@H]3C5. The van der Waals surface area contributed by atoms with Gasteiger partial charge >= 0.3 is 5.97 Å². The van der Waals surface area contributed by atoms with Crippen molar-refractivity contribution in [1.82, 2.24) is 4.90 Å². The molecule has 6 heteroatoms. The van der Waals surface area contributed by atoms with Gasteiger partial charge in [-0.1, -0.05) is 6.07 Å². The molecule has 6 nitrogen and oxygen atoms in total. The van der Waals surface area contributed by atoms with E-state index in [1.165, 1.54) is 18.4 Å². The number of esters is 1. The molecule has 142 valence electrons. The first-order chi connectivity index (χ1) is 13.0. The highest BCUT2D eigenvalue weighted by atomic mass is 16.6. The van der Waals surface area contributed by atoms with Crippen LogP contribution >= 0.6 is 0 Å². The van der Waals surface area contributed by atoms with Crippen LogP contribution in [0.4, 0.5) is 0 Å². The average molecular weight is 369 g/mol. The first kappa shape index (κ1) is 15.2. The van der Waals surface area contributed by atoms with Crippen LogP contribution in [0.2, 0.25) is 0 Å². The predicted molar refractivity (Wildman–Crippen MR) is 93.5 cm³/mol. The molecule has 4 fully saturated rings. The summed E-state index contributed by atoms with van der Waals surface area (Å²) in [5.74, 6) is 0.604. The fourth-order valence-corrected chi connectivity index (χ4v) is 7.13. The first-order valence-corrected chi connectivity index (χ1v) is 10.2. The Morgan fingerprint density at radius 2 is 2.15 bits per heavy atom. The number of hydrogen-bond donors (Lipinski definition) is 2. The van der Waals surface area contributed by atoms with Gasteiger partial charge in [0.2, 0.25) is 0 Å². The van der Waals surface area contributed by atoms with Crippen molar-refractivity contribution in [2.24, 2.45) is 11.8 Å². The monoisotopic (exact) mass is 369 g/mol. The third kappa shape index (κ3) is 1.50. The van der Waals surface area contributed by atoms with E-state index in [2.05, 4.69) is 4.90 Å². The second kappa shape index (κ2) is 4.44. The molecule has 2 saturated carbocycles. The number of phenols is 1. The Kier molecular flexibility index (Phi) is 2.49. The standard InChI is InChI=1S/C21H23NO5/c23-13-4-3-11-7-14-21-8-12(19(25)27-21)16(24)18-20(21,15(11)17(13)26-18)5-6-22(14)9-10-1-2-10/h3-4,10,12,14,16,18,23-24H,1-2,5-9H2/t12-,14-,16+,18+,20+,21-/m1/s1. The van der Waals surface area contributed by atoms with E-state index in [-0.39, 0.29) is 17.8 Å². The molecule has 3 heterocycles. The van der Waals surface area contributed by atoms with Crippen molar-refractivity contribution < 1.29 is 24.5 Å². The molecule has 1 aromatic carbocycles. The van der Waals surface area contributed by atoms with Gasteiger partial charge < -0.3 is 19.7 Å². The molecule has 0 unspecified atom stereocenters. The molecule has 2 spiro atoms. The minimum Gasteiger partial charge on any atom is -0.504 e. The molecule has 3 aliphatic heterocycles. The molecule has 0 aromatic heterocycles. The van der Waals surface area contributed by atoms with Crippen molar-refractivity contribution >= 4 is 5.97 Å². The summed E-state index contributed by atoms with van der Waals surface area (Å²) in [7, 11) is 0. The number of aromatic hydroxyl groups is 1. The molecule has 27 heavy (non-hydrogen) atoms. The fourth-order valence-electron chi connectivity index (χ4n) is 7.13. The highest BCUT2D eigenvalue weighted by Crippen LogP contribution is 2.69. The van der Waals surface area contributed by atoms with Crippen LogP contribution in [0.25, 0.3) is 0 Å². The van der Waals surface area contributed by atoms with Crippen molar-refractivity contribution in [2.75, 3.05) is 13.1 Å². The van der Waals surface area contributed by atoms with Crippen LogP contribution in [0.1, 0.15) is 36.8 Å². The summed E-state index contributed by atoms with van der Waals surface area (Å²) >= 11 is 0. The Bertz CT molecular complexity index is 897. The summed E-state index contributed by atoms with van der Waals surface area (Å²) in [6.45, 7) is 1.99. The van der Waals surface area contributed by atoms with E-state index >= 15 is 0 Å². The van der Waals surface area contributed by atoms with Crippen molar-refractivity contribution in [3.63, 3.8) is 0 Å². The van der Waals surface area contributed by atoms with Gasteiger partial charge in [-0.05, 0) is 49.8 Å². The Morgan fingerprint density at radius 1 is 1.30 bits per heavy atom. The van der Waals surface area contributed by atoms with Crippen LogP contribution in [0.3, 0.4) is 0 Å². The maximum atomic E-state index is 12.7. The molecule has 0 amide bonds. The normalized spacial score (nSPS) is 46.0. The topological polar surface area (TPSA) is 79.2 Å². The van der Waals surface area contributed by atoms with Crippen LogP contribution in [0, 0.1) is 11.8 Å². The summed E-state index contributed by atoms with van der Waals surface area (Å²) in [4.78, 5) is 15.3. The summed E-state index contributed by atoms with van der Waals surface area (Å²) in [6, 6.07) is 3.83. The van der Waals surface area contributed by atoms with Crippen LogP contribution in [-0.2, 0) is 21.4 Å². The van der Waals surface area contributed by atoms with Crippen LogP contribution < -0.4 is 4.74 Å². The Morgan fingerprint density at radius 3 is 2.96 bits per heavy atom. The van der Waals surface area contributed by atoms with Gasteiger partial charge in [-0.25, -0.2) is 0 Å². The highest BCUT2D eigenvalue weighted by Gasteiger charge is 2.80. The number of hydrogen-bond acceptors (Lipinski definition) is 6. The van der Waals surface area contributed by atoms with Crippen LogP contribution in [0.5, 0.6) is 11.5 Å². The Hall–Kier alpha value is -1.79. The number of phenolic OH excluding ortho intramolecular Hbond substituents is 1. The van der Waals surface area contributed by atoms with Gasteiger partial charge in [-0.2, -0.15) is 0 Å². The minimum atomic E-state index is -0.887. The fraction of sp³-hybridized carbons (Fsp3) is 0.667. The van der Waals surface area contributed by atoms with Crippen molar-refractivity contribution in [3.8, 4) is 11.5 Å². The lowest BCUT2D eigenvalue weighted by Gasteiger charge is -2.62. The zero-order valence-electron chi connectivity index (χ0n) is 15.1. The maximum absolute atomic E-state index is 12.7. The lowest BCUT2D eigenvalue weighted by atomic mass is 9.48. The number of aliphatic hydroxyl groups excluding tert-OH is 1. The molecule has 2 N–H and O–H groups in total. The largest absolute Gasteiger partial charge is 0.504 e. The summed E-state index contributed by atoms with van der Waals surface area (Å²) < 4.78 is 12.5. The van der Waals surface area contributed by atoms with E-state index in [0.29, 0.717) is 12.2 Å². The van der Waals surface area contributed by atoms with Gasteiger partial charge in [-0.15, -0.1) is 0 Å². The summed E-state index contributed by atoms with van der Waals surface area (Å²) in [5.41, 5.74) is 0.997. The van der Waals surface area contributed by atoms with Gasteiger partial charge in [-0.3, -0.25) is 9.69 Å². The van der Waals surface area contributed by atoms with E-state index in [1.807, 2.05) is 6.07 Å². The lowest BCUT2D eigenvalue weighted by Crippen LogP contribution is -2.76. The number of ether oxygens (including phenoxy) is 2. The number of likely N-dealkylation sites (tertiary alicyclic amines) is 1.